The Labute approximate surface area is 101 Å². The van der Waals surface area contributed by atoms with Crippen LogP contribution in [0.2, 0.25) is 0 Å². The third-order valence-electron chi connectivity index (χ3n) is 3.20. The zero-order chi connectivity index (χ0) is 12.9. The second kappa shape index (κ2) is 5.68. The van der Waals surface area contributed by atoms with E-state index in [9.17, 15) is 9.90 Å². The van der Waals surface area contributed by atoms with Crippen LogP contribution in [-0.4, -0.2) is 24.7 Å². The van der Waals surface area contributed by atoms with E-state index >= 15 is 0 Å². The minimum absolute atomic E-state index is 0.135. The number of hydrogen-bond donors (Lipinski definition) is 2. The van der Waals surface area contributed by atoms with Gasteiger partial charge in [0.25, 0.3) is 0 Å². The number of methoxy groups -OCH3 is 1. The number of ether oxygens (including phenoxy) is 1. The second-order valence-electron chi connectivity index (χ2n) is 4.17. The molecule has 3 N–H and O–H groups in total. The molecule has 1 unspecified atom stereocenters. The molecule has 0 heterocycles. The van der Waals surface area contributed by atoms with Crippen LogP contribution in [0, 0.1) is 5.41 Å². The van der Waals surface area contributed by atoms with Crippen LogP contribution in [0.5, 0.6) is 5.75 Å². The Bertz CT molecular complexity index is 386. The maximum atomic E-state index is 11.3. The normalized spacial score (nSPS) is 14.1. The van der Waals surface area contributed by atoms with Gasteiger partial charge in [0.2, 0.25) is 0 Å². The van der Waals surface area contributed by atoms with Crippen molar-refractivity contribution in [3.05, 3.63) is 29.8 Å². The minimum atomic E-state index is -0.883. The molecule has 0 aromatic heterocycles. The van der Waals surface area contributed by atoms with E-state index in [-0.39, 0.29) is 6.54 Å². The number of aliphatic carboxylic acids is 1. The van der Waals surface area contributed by atoms with Crippen molar-refractivity contribution in [2.24, 2.45) is 11.1 Å². The average Bonchev–Trinajstić information content (AvgIpc) is 2.36. The molecule has 0 aliphatic carbocycles. The Morgan fingerprint density at radius 1 is 1.53 bits per heavy atom. The highest BCUT2D eigenvalue weighted by Crippen LogP contribution is 2.27. The zero-order valence-corrected chi connectivity index (χ0v) is 10.3. The van der Waals surface area contributed by atoms with Crippen molar-refractivity contribution in [3.8, 4) is 5.75 Å². The van der Waals surface area contributed by atoms with Crippen molar-refractivity contribution in [2.45, 2.75) is 19.8 Å². The Hall–Kier alpha value is -1.55. The number of carbonyl (C=O) groups is 1. The fourth-order valence-electron chi connectivity index (χ4n) is 1.83. The van der Waals surface area contributed by atoms with Gasteiger partial charge in [-0.15, -0.1) is 0 Å². The summed E-state index contributed by atoms with van der Waals surface area (Å²) in [5, 5.41) is 9.30. The SMILES string of the molecule is CCC(CN)(Cc1cccc(OC)c1)C(=O)O. The van der Waals surface area contributed by atoms with E-state index in [1.54, 1.807) is 7.11 Å². The van der Waals surface area contributed by atoms with E-state index in [2.05, 4.69) is 0 Å². The summed E-state index contributed by atoms with van der Waals surface area (Å²) in [5.74, 6) is -0.111. The van der Waals surface area contributed by atoms with Crippen LogP contribution in [0.4, 0.5) is 0 Å². The van der Waals surface area contributed by atoms with Gasteiger partial charge in [-0.1, -0.05) is 19.1 Å². The van der Waals surface area contributed by atoms with Gasteiger partial charge in [-0.25, -0.2) is 0 Å². The fraction of sp³-hybridized carbons (Fsp3) is 0.462. The van der Waals surface area contributed by atoms with Crippen LogP contribution in [-0.2, 0) is 11.2 Å². The quantitative estimate of drug-likeness (QED) is 0.789. The molecular formula is C13H19NO3. The van der Waals surface area contributed by atoms with Gasteiger partial charge in [-0.3, -0.25) is 4.79 Å². The van der Waals surface area contributed by atoms with Crippen LogP contribution in [0.15, 0.2) is 24.3 Å². The van der Waals surface area contributed by atoms with E-state index in [0.717, 1.165) is 11.3 Å². The highest BCUT2D eigenvalue weighted by atomic mass is 16.5. The van der Waals surface area contributed by atoms with Gasteiger partial charge in [0.1, 0.15) is 5.75 Å². The Morgan fingerprint density at radius 3 is 2.71 bits per heavy atom. The van der Waals surface area contributed by atoms with Gasteiger partial charge in [0.05, 0.1) is 12.5 Å². The topological polar surface area (TPSA) is 72.5 Å². The molecule has 0 saturated carbocycles. The van der Waals surface area contributed by atoms with Crippen molar-refractivity contribution in [3.63, 3.8) is 0 Å². The van der Waals surface area contributed by atoms with E-state index < -0.39 is 11.4 Å². The summed E-state index contributed by atoms with van der Waals surface area (Å²) in [4.78, 5) is 11.3. The molecule has 4 nitrogen and oxygen atoms in total. The first-order valence-electron chi connectivity index (χ1n) is 5.64. The van der Waals surface area contributed by atoms with Gasteiger partial charge >= 0.3 is 5.97 Å². The van der Waals surface area contributed by atoms with E-state index in [4.69, 9.17) is 10.5 Å². The lowest BCUT2D eigenvalue weighted by Gasteiger charge is -2.26. The molecule has 94 valence electrons. The number of carboxylic acid groups (broad SMARTS) is 1. The molecule has 0 aliphatic rings. The Morgan fingerprint density at radius 2 is 2.24 bits per heavy atom. The van der Waals surface area contributed by atoms with Crippen LogP contribution in [0.1, 0.15) is 18.9 Å². The number of benzene rings is 1. The first-order valence-corrected chi connectivity index (χ1v) is 5.64. The maximum absolute atomic E-state index is 11.3. The summed E-state index contributed by atoms with van der Waals surface area (Å²) in [6.45, 7) is 1.98. The first kappa shape index (κ1) is 13.5. The standard InChI is InChI=1S/C13H19NO3/c1-3-13(9-14,12(15)16)8-10-5-4-6-11(7-10)17-2/h4-7H,3,8-9,14H2,1-2H3,(H,15,16). The summed E-state index contributed by atoms with van der Waals surface area (Å²) in [6, 6.07) is 7.43. The summed E-state index contributed by atoms with van der Waals surface area (Å²) < 4.78 is 5.12. The number of carboxylic acids is 1. The summed E-state index contributed by atoms with van der Waals surface area (Å²) in [7, 11) is 1.59. The van der Waals surface area contributed by atoms with Gasteiger partial charge < -0.3 is 15.6 Å². The third-order valence-corrected chi connectivity index (χ3v) is 3.20. The number of hydrogen-bond acceptors (Lipinski definition) is 3. The summed E-state index contributed by atoms with van der Waals surface area (Å²) >= 11 is 0. The molecule has 4 heteroatoms. The fourth-order valence-corrected chi connectivity index (χ4v) is 1.83. The molecule has 1 atom stereocenters. The second-order valence-corrected chi connectivity index (χ2v) is 4.17. The van der Waals surface area contributed by atoms with Gasteiger partial charge in [-0.2, -0.15) is 0 Å². The molecule has 1 rings (SSSR count). The molecular weight excluding hydrogens is 218 g/mol. The predicted molar refractivity (Wildman–Crippen MR) is 66.1 cm³/mol. The van der Waals surface area contributed by atoms with Crippen LogP contribution in [0.25, 0.3) is 0 Å². The molecule has 1 aromatic carbocycles. The highest BCUT2D eigenvalue weighted by Gasteiger charge is 2.35. The van der Waals surface area contributed by atoms with E-state index in [1.807, 2.05) is 31.2 Å². The molecule has 17 heavy (non-hydrogen) atoms. The van der Waals surface area contributed by atoms with Crippen molar-refractivity contribution in [1.82, 2.24) is 0 Å². The lowest BCUT2D eigenvalue weighted by atomic mass is 9.79. The molecule has 0 saturated heterocycles. The molecule has 0 radical (unpaired) electrons. The lowest BCUT2D eigenvalue weighted by Crippen LogP contribution is -2.40. The number of rotatable bonds is 6. The monoisotopic (exact) mass is 237 g/mol. The van der Waals surface area contributed by atoms with Crippen LogP contribution < -0.4 is 10.5 Å². The van der Waals surface area contributed by atoms with Crippen molar-refractivity contribution in [2.75, 3.05) is 13.7 Å². The molecule has 0 aliphatic heterocycles. The number of nitrogens with two attached hydrogens (primary N) is 1. The predicted octanol–water partition coefficient (Wildman–Crippen LogP) is 1.68. The molecule has 0 fully saturated rings. The van der Waals surface area contributed by atoms with Gasteiger partial charge in [0, 0.05) is 6.54 Å². The zero-order valence-electron chi connectivity index (χ0n) is 10.3. The van der Waals surface area contributed by atoms with Crippen LogP contribution >= 0.6 is 0 Å². The largest absolute Gasteiger partial charge is 0.497 e. The highest BCUT2D eigenvalue weighted by molar-refractivity contribution is 5.75. The molecule has 0 spiro atoms. The van der Waals surface area contributed by atoms with Gasteiger partial charge in [0.15, 0.2) is 0 Å². The van der Waals surface area contributed by atoms with Crippen molar-refractivity contribution < 1.29 is 14.6 Å². The van der Waals surface area contributed by atoms with E-state index in [1.165, 1.54) is 0 Å². The maximum Gasteiger partial charge on any atom is 0.311 e. The lowest BCUT2D eigenvalue weighted by molar-refractivity contribution is -0.148. The average molecular weight is 237 g/mol. The van der Waals surface area contributed by atoms with E-state index in [0.29, 0.717) is 12.8 Å². The molecule has 1 aromatic rings. The Balaban J connectivity index is 2.97. The molecule has 0 bridgehead atoms. The molecule has 0 amide bonds. The summed E-state index contributed by atoms with van der Waals surface area (Å²) in [6.07, 6.45) is 0.933. The minimum Gasteiger partial charge on any atom is -0.497 e. The van der Waals surface area contributed by atoms with Gasteiger partial charge in [-0.05, 0) is 30.5 Å². The Kier molecular flexibility index (Phi) is 4.52. The van der Waals surface area contributed by atoms with Crippen LogP contribution in [0.3, 0.4) is 0 Å². The summed E-state index contributed by atoms with van der Waals surface area (Å²) in [5.41, 5.74) is 5.67. The third kappa shape index (κ3) is 2.97. The smallest absolute Gasteiger partial charge is 0.311 e. The van der Waals surface area contributed by atoms with Crippen molar-refractivity contribution >= 4 is 5.97 Å². The van der Waals surface area contributed by atoms with Crippen molar-refractivity contribution in [1.29, 1.82) is 0 Å². The first-order chi connectivity index (χ1) is 8.07.